The Balaban J connectivity index is 1.81. The second kappa shape index (κ2) is 5.19. The van der Waals surface area contributed by atoms with Gasteiger partial charge in [0.05, 0.1) is 16.7 Å². The zero-order valence-corrected chi connectivity index (χ0v) is 13.7. The molecule has 1 amide bonds. The van der Waals surface area contributed by atoms with Crippen LogP contribution in [-0.4, -0.2) is 20.7 Å². The quantitative estimate of drug-likeness (QED) is 0.922. The van der Waals surface area contributed by atoms with Gasteiger partial charge in [-0.3, -0.25) is 4.79 Å². The van der Waals surface area contributed by atoms with E-state index in [-0.39, 0.29) is 11.8 Å². The lowest BCUT2D eigenvalue weighted by Crippen LogP contribution is -2.25. The topological polar surface area (TPSA) is 59.8 Å². The van der Waals surface area contributed by atoms with Crippen molar-refractivity contribution >= 4 is 23.1 Å². The third-order valence-corrected chi connectivity index (χ3v) is 5.81. The lowest BCUT2D eigenvalue weighted by atomic mass is 9.91. The van der Waals surface area contributed by atoms with Crippen LogP contribution in [0.1, 0.15) is 65.2 Å². The third-order valence-electron chi connectivity index (χ3n) is 4.78. The molecule has 4 rings (SSSR count). The Labute approximate surface area is 133 Å². The van der Waals surface area contributed by atoms with E-state index in [4.69, 9.17) is 5.10 Å². The van der Waals surface area contributed by atoms with Crippen molar-refractivity contribution < 1.29 is 4.79 Å². The number of nitrogens with zero attached hydrogens (tertiary/aromatic N) is 3. The molecule has 0 spiro atoms. The number of fused-ring (bicyclic) bond motifs is 1. The predicted octanol–water partition coefficient (Wildman–Crippen LogP) is 3.55. The predicted molar refractivity (Wildman–Crippen MR) is 86.4 cm³/mol. The fraction of sp³-hybridized carbons (Fsp3) is 0.562. The summed E-state index contributed by atoms with van der Waals surface area (Å²) < 4.78 is 2.08. The van der Waals surface area contributed by atoms with Gasteiger partial charge in [0.15, 0.2) is 0 Å². The van der Waals surface area contributed by atoms with E-state index in [2.05, 4.69) is 21.9 Å². The molecule has 0 bridgehead atoms. The highest BCUT2D eigenvalue weighted by Gasteiger charge is 2.35. The number of carbonyl (C=O) groups excluding carboxylic acids is 1. The summed E-state index contributed by atoms with van der Waals surface area (Å²) in [5, 5.41) is 8.90. The van der Waals surface area contributed by atoms with E-state index in [1.54, 1.807) is 11.3 Å². The van der Waals surface area contributed by atoms with Crippen LogP contribution >= 0.6 is 11.3 Å². The van der Waals surface area contributed by atoms with Gasteiger partial charge in [-0.15, -0.1) is 11.3 Å². The molecule has 1 N–H and O–H groups in total. The van der Waals surface area contributed by atoms with Crippen LogP contribution in [0, 0.1) is 13.8 Å². The number of hydrogen-bond donors (Lipinski definition) is 1. The molecule has 22 heavy (non-hydrogen) atoms. The highest BCUT2D eigenvalue weighted by Crippen LogP contribution is 2.43. The van der Waals surface area contributed by atoms with Crippen LogP contribution in [0.3, 0.4) is 0 Å². The number of hydrogen-bond acceptors (Lipinski definition) is 4. The number of aromatic nitrogens is 3. The first-order chi connectivity index (χ1) is 10.6. The Kier molecular flexibility index (Phi) is 3.29. The molecule has 1 fully saturated rings. The van der Waals surface area contributed by atoms with Crippen LogP contribution in [-0.2, 0) is 4.79 Å². The van der Waals surface area contributed by atoms with E-state index < -0.39 is 0 Å². The van der Waals surface area contributed by atoms with Crippen LogP contribution in [0.5, 0.6) is 0 Å². The zero-order chi connectivity index (χ0) is 15.3. The Hall–Kier alpha value is -1.69. The normalized spacial score (nSPS) is 21.9. The molecule has 2 aromatic rings. The smallest absolute Gasteiger partial charge is 0.226 e. The average molecular weight is 316 g/mol. The van der Waals surface area contributed by atoms with Crippen LogP contribution < -0.4 is 5.32 Å². The summed E-state index contributed by atoms with van der Waals surface area (Å²) in [4.78, 5) is 17.8. The van der Waals surface area contributed by atoms with Crippen LogP contribution in [0.25, 0.3) is 0 Å². The molecule has 1 aliphatic heterocycles. The minimum Gasteiger partial charge on any atom is -0.311 e. The molecule has 6 heteroatoms. The van der Waals surface area contributed by atoms with Crippen molar-refractivity contribution in [2.24, 2.45) is 0 Å². The van der Waals surface area contributed by atoms with E-state index >= 15 is 0 Å². The number of rotatable bonds is 2. The molecule has 3 heterocycles. The van der Waals surface area contributed by atoms with Crippen molar-refractivity contribution in [1.29, 1.82) is 0 Å². The van der Waals surface area contributed by atoms with Crippen molar-refractivity contribution in [2.75, 3.05) is 5.32 Å². The molecular weight excluding hydrogens is 296 g/mol. The average Bonchev–Trinajstić information content (AvgIpc) is 3.19. The Morgan fingerprint density at radius 1 is 1.32 bits per heavy atom. The molecule has 2 aliphatic rings. The Bertz CT molecular complexity index is 727. The van der Waals surface area contributed by atoms with Gasteiger partial charge >= 0.3 is 0 Å². The monoisotopic (exact) mass is 316 g/mol. The maximum atomic E-state index is 12.2. The minimum atomic E-state index is 0.0858. The first kappa shape index (κ1) is 13.9. The van der Waals surface area contributed by atoms with Gasteiger partial charge in [0.25, 0.3) is 0 Å². The molecule has 1 atom stereocenters. The fourth-order valence-corrected chi connectivity index (χ4v) is 4.66. The molecule has 2 aromatic heterocycles. The van der Waals surface area contributed by atoms with Crippen molar-refractivity contribution in [3.05, 3.63) is 27.3 Å². The highest BCUT2D eigenvalue weighted by molar-refractivity contribution is 7.11. The molecule has 1 aliphatic carbocycles. The molecule has 5 nitrogen and oxygen atoms in total. The summed E-state index contributed by atoms with van der Waals surface area (Å²) in [6, 6.07) is 0.435. The van der Waals surface area contributed by atoms with Gasteiger partial charge in [0.2, 0.25) is 5.91 Å². The maximum Gasteiger partial charge on any atom is 0.226 e. The van der Waals surface area contributed by atoms with E-state index in [9.17, 15) is 4.79 Å². The number of amides is 1. The molecule has 1 saturated carbocycles. The summed E-state index contributed by atoms with van der Waals surface area (Å²) in [7, 11) is 0. The van der Waals surface area contributed by atoms with Gasteiger partial charge in [0.1, 0.15) is 5.82 Å². The van der Waals surface area contributed by atoms with Gasteiger partial charge in [-0.25, -0.2) is 9.67 Å². The number of carbonyl (C=O) groups is 1. The van der Waals surface area contributed by atoms with E-state index in [1.165, 1.54) is 23.3 Å². The maximum absolute atomic E-state index is 12.2. The largest absolute Gasteiger partial charge is 0.311 e. The second-order valence-corrected chi connectivity index (χ2v) is 7.58. The van der Waals surface area contributed by atoms with Crippen LogP contribution in [0.15, 0.2) is 6.20 Å². The lowest BCUT2D eigenvalue weighted by Gasteiger charge is -2.24. The van der Waals surface area contributed by atoms with Gasteiger partial charge in [-0.1, -0.05) is 12.8 Å². The molecular formula is C16H20N4OS. The summed E-state index contributed by atoms with van der Waals surface area (Å²) in [5.74, 6) is 1.12. The second-order valence-electron chi connectivity index (χ2n) is 6.32. The molecule has 1 unspecified atom stereocenters. The first-order valence-electron chi connectivity index (χ1n) is 7.94. The highest BCUT2D eigenvalue weighted by atomic mass is 32.1. The van der Waals surface area contributed by atoms with Crippen LogP contribution in [0.2, 0.25) is 0 Å². The fourth-order valence-electron chi connectivity index (χ4n) is 3.77. The summed E-state index contributed by atoms with van der Waals surface area (Å²) in [6.45, 7) is 4.06. The first-order valence-corrected chi connectivity index (χ1v) is 8.76. The van der Waals surface area contributed by atoms with Gasteiger partial charge in [0, 0.05) is 29.0 Å². The molecule has 116 valence electrons. The Morgan fingerprint density at radius 3 is 2.77 bits per heavy atom. The summed E-state index contributed by atoms with van der Waals surface area (Å²) >= 11 is 1.68. The number of aryl methyl sites for hydroxylation is 2. The standard InChI is InChI=1S/C16H20N4OS/c1-9-15-12(13-8-17-10(2)22-13)7-14(21)18-16(15)20(19-9)11-5-3-4-6-11/h8,11-12H,3-7H2,1-2H3,(H,18,21). The third kappa shape index (κ3) is 2.17. The number of thiazole rings is 1. The van der Waals surface area contributed by atoms with E-state index in [1.807, 2.05) is 13.1 Å². The van der Waals surface area contributed by atoms with Crippen molar-refractivity contribution in [1.82, 2.24) is 14.8 Å². The van der Waals surface area contributed by atoms with E-state index in [0.29, 0.717) is 12.5 Å². The van der Waals surface area contributed by atoms with Gasteiger partial charge < -0.3 is 5.32 Å². The molecule has 0 radical (unpaired) electrons. The minimum absolute atomic E-state index is 0.0858. The van der Waals surface area contributed by atoms with Gasteiger partial charge in [-0.05, 0) is 26.7 Å². The summed E-state index contributed by atoms with van der Waals surface area (Å²) in [6.07, 6.45) is 7.24. The molecule has 0 aromatic carbocycles. The van der Waals surface area contributed by atoms with Gasteiger partial charge in [-0.2, -0.15) is 5.10 Å². The number of nitrogens with one attached hydrogen (secondary N) is 1. The summed E-state index contributed by atoms with van der Waals surface area (Å²) in [5.41, 5.74) is 2.23. The van der Waals surface area contributed by atoms with Crippen molar-refractivity contribution in [2.45, 2.75) is 57.9 Å². The lowest BCUT2D eigenvalue weighted by molar-refractivity contribution is -0.116. The SMILES string of the molecule is Cc1ncc(C2CC(=O)Nc3c2c(C)nn3C2CCCC2)s1. The zero-order valence-electron chi connectivity index (χ0n) is 12.9. The van der Waals surface area contributed by atoms with Crippen LogP contribution in [0.4, 0.5) is 5.82 Å². The Morgan fingerprint density at radius 2 is 2.09 bits per heavy atom. The van der Waals surface area contributed by atoms with E-state index in [0.717, 1.165) is 29.4 Å². The number of anilines is 1. The molecule has 0 saturated heterocycles. The van der Waals surface area contributed by atoms with Crippen molar-refractivity contribution in [3.8, 4) is 0 Å². The van der Waals surface area contributed by atoms with Crippen molar-refractivity contribution in [3.63, 3.8) is 0 Å².